The maximum Gasteiger partial charge on any atom is 0.231 e. The van der Waals surface area contributed by atoms with Crippen LogP contribution < -0.4 is 5.32 Å². The molecule has 0 heterocycles. The van der Waals surface area contributed by atoms with Crippen LogP contribution in [0.15, 0.2) is 72.8 Å². The Labute approximate surface area is 142 Å². The van der Waals surface area contributed by atoms with E-state index in [0.29, 0.717) is 0 Å². The molecule has 2 nitrogen and oxygen atoms in total. The maximum absolute atomic E-state index is 12.9. The molecule has 0 aromatic heterocycles. The summed E-state index contributed by atoms with van der Waals surface area (Å²) < 4.78 is 0. The van der Waals surface area contributed by atoms with Crippen LogP contribution in [-0.2, 0) is 10.2 Å². The number of nitrogens with one attached hydrogen (secondary N) is 1. The smallest absolute Gasteiger partial charge is 0.231 e. The molecule has 1 fully saturated rings. The molecule has 1 amide bonds. The molecule has 3 aromatic carbocycles. The number of carbonyl (C=O) groups is 1. The second kappa shape index (κ2) is 5.79. The summed E-state index contributed by atoms with van der Waals surface area (Å²) >= 11 is 0. The molecule has 0 bridgehead atoms. The van der Waals surface area contributed by atoms with Gasteiger partial charge in [0.05, 0.1) is 11.5 Å². The van der Waals surface area contributed by atoms with Crippen LogP contribution in [0, 0.1) is 0 Å². The van der Waals surface area contributed by atoms with Crippen molar-refractivity contribution in [3.8, 4) is 0 Å². The van der Waals surface area contributed by atoms with E-state index in [2.05, 4.69) is 54.7 Å². The van der Waals surface area contributed by atoms with Gasteiger partial charge >= 0.3 is 0 Å². The zero-order chi connectivity index (χ0) is 16.6. The lowest BCUT2D eigenvalue weighted by atomic mass is 9.93. The van der Waals surface area contributed by atoms with Crippen LogP contribution in [0.5, 0.6) is 0 Å². The lowest BCUT2D eigenvalue weighted by Crippen LogP contribution is -2.36. The standard InChI is InChI=1S/C22H21NO/c1-16(19-13-7-9-17-8-5-6-12-20(17)19)23-21(24)22(14-15-22)18-10-3-2-4-11-18/h2-13,16H,14-15H2,1H3,(H,23,24). The Kier molecular flexibility index (Phi) is 3.61. The van der Waals surface area contributed by atoms with E-state index in [4.69, 9.17) is 0 Å². The number of benzene rings is 3. The largest absolute Gasteiger partial charge is 0.349 e. The van der Waals surface area contributed by atoms with E-state index >= 15 is 0 Å². The molecule has 1 unspecified atom stereocenters. The fourth-order valence-corrected chi connectivity index (χ4v) is 3.57. The molecule has 3 aromatic rings. The van der Waals surface area contributed by atoms with Gasteiger partial charge in [-0.05, 0) is 41.7 Å². The summed E-state index contributed by atoms with van der Waals surface area (Å²) in [5.41, 5.74) is 1.98. The maximum atomic E-state index is 12.9. The van der Waals surface area contributed by atoms with Gasteiger partial charge < -0.3 is 5.32 Å². The van der Waals surface area contributed by atoms with Crippen LogP contribution in [0.3, 0.4) is 0 Å². The van der Waals surface area contributed by atoms with E-state index in [9.17, 15) is 4.79 Å². The molecule has 0 saturated heterocycles. The van der Waals surface area contributed by atoms with Crippen LogP contribution in [0.4, 0.5) is 0 Å². The van der Waals surface area contributed by atoms with Gasteiger partial charge in [-0.1, -0.05) is 72.8 Å². The third-order valence-corrected chi connectivity index (χ3v) is 5.15. The molecular weight excluding hydrogens is 294 g/mol. The molecule has 24 heavy (non-hydrogen) atoms. The van der Waals surface area contributed by atoms with Crippen LogP contribution in [0.2, 0.25) is 0 Å². The van der Waals surface area contributed by atoms with Gasteiger partial charge in [0.25, 0.3) is 0 Å². The monoisotopic (exact) mass is 315 g/mol. The molecule has 1 saturated carbocycles. The first-order valence-corrected chi connectivity index (χ1v) is 8.55. The molecule has 1 N–H and O–H groups in total. The average Bonchev–Trinajstić information content (AvgIpc) is 3.44. The summed E-state index contributed by atoms with van der Waals surface area (Å²) in [7, 11) is 0. The number of hydrogen-bond acceptors (Lipinski definition) is 1. The topological polar surface area (TPSA) is 29.1 Å². The van der Waals surface area contributed by atoms with Crippen molar-refractivity contribution >= 4 is 16.7 Å². The number of rotatable bonds is 4. The van der Waals surface area contributed by atoms with E-state index in [1.807, 2.05) is 30.3 Å². The summed E-state index contributed by atoms with van der Waals surface area (Å²) in [6, 6.07) is 24.7. The van der Waals surface area contributed by atoms with Crippen molar-refractivity contribution in [3.05, 3.63) is 83.9 Å². The van der Waals surface area contributed by atoms with E-state index < -0.39 is 0 Å². The molecule has 1 aliphatic carbocycles. The van der Waals surface area contributed by atoms with Crippen LogP contribution >= 0.6 is 0 Å². The van der Waals surface area contributed by atoms with Crippen molar-refractivity contribution in [1.29, 1.82) is 0 Å². The summed E-state index contributed by atoms with van der Waals surface area (Å²) in [5, 5.41) is 5.67. The minimum absolute atomic E-state index is 0.00946. The van der Waals surface area contributed by atoms with Gasteiger partial charge in [-0.2, -0.15) is 0 Å². The van der Waals surface area contributed by atoms with Crippen molar-refractivity contribution in [1.82, 2.24) is 5.32 Å². The molecule has 120 valence electrons. The second-order valence-corrected chi connectivity index (χ2v) is 6.71. The Morgan fingerprint density at radius 1 is 0.917 bits per heavy atom. The molecular formula is C22H21NO. The molecule has 2 heteroatoms. The Morgan fingerprint density at radius 3 is 2.33 bits per heavy atom. The van der Waals surface area contributed by atoms with Gasteiger partial charge in [-0.25, -0.2) is 0 Å². The van der Waals surface area contributed by atoms with Gasteiger partial charge in [0.2, 0.25) is 5.91 Å². The highest BCUT2D eigenvalue weighted by atomic mass is 16.2. The van der Waals surface area contributed by atoms with Crippen LogP contribution in [0.25, 0.3) is 10.8 Å². The first-order valence-electron chi connectivity index (χ1n) is 8.55. The van der Waals surface area contributed by atoms with Gasteiger partial charge in [0, 0.05) is 0 Å². The van der Waals surface area contributed by atoms with Gasteiger partial charge in [0.1, 0.15) is 0 Å². The third kappa shape index (κ3) is 2.48. The van der Waals surface area contributed by atoms with E-state index in [1.165, 1.54) is 16.3 Å². The lowest BCUT2D eigenvalue weighted by molar-refractivity contribution is -0.124. The SMILES string of the molecule is CC(NC(=O)C1(c2ccccc2)CC1)c1cccc2ccccc12. The van der Waals surface area contributed by atoms with E-state index in [-0.39, 0.29) is 17.4 Å². The Morgan fingerprint density at radius 2 is 1.58 bits per heavy atom. The van der Waals surface area contributed by atoms with Crippen molar-refractivity contribution in [2.75, 3.05) is 0 Å². The molecule has 1 atom stereocenters. The average molecular weight is 315 g/mol. The van der Waals surface area contributed by atoms with E-state index in [0.717, 1.165) is 18.4 Å². The molecule has 4 rings (SSSR count). The number of fused-ring (bicyclic) bond motifs is 1. The third-order valence-electron chi connectivity index (χ3n) is 5.15. The summed E-state index contributed by atoms with van der Waals surface area (Å²) in [5.74, 6) is 0.147. The Balaban J connectivity index is 1.60. The quantitative estimate of drug-likeness (QED) is 0.739. The summed E-state index contributed by atoms with van der Waals surface area (Å²) in [6.07, 6.45) is 1.87. The molecule has 1 aliphatic rings. The molecule has 0 radical (unpaired) electrons. The normalized spacial score (nSPS) is 16.5. The highest BCUT2D eigenvalue weighted by molar-refractivity contribution is 5.92. The Bertz CT molecular complexity index is 875. The van der Waals surface area contributed by atoms with Crippen molar-refractivity contribution < 1.29 is 4.79 Å². The van der Waals surface area contributed by atoms with Gasteiger partial charge in [0.15, 0.2) is 0 Å². The van der Waals surface area contributed by atoms with Gasteiger partial charge in [-0.3, -0.25) is 4.79 Å². The minimum Gasteiger partial charge on any atom is -0.349 e. The highest BCUT2D eigenvalue weighted by Gasteiger charge is 2.51. The fourth-order valence-electron chi connectivity index (χ4n) is 3.57. The first-order chi connectivity index (χ1) is 11.7. The van der Waals surface area contributed by atoms with Crippen molar-refractivity contribution in [2.45, 2.75) is 31.2 Å². The summed E-state index contributed by atoms with van der Waals surface area (Å²) in [4.78, 5) is 12.9. The minimum atomic E-state index is -0.319. The highest BCUT2D eigenvalue weighted by Crippen LogP contribution is 2.48. The van der Waals surface area contributed by atoms with E-state index in [1.54, 1.807) is 0 Å². The summed E-state index contributed by atoms with van der Waals surface area (Å²) in [6.45, 7) is 2.07. The number of carbonyl (C=O) groups excluding carboxylic acids is 1. The van der Waals surface area contributed by atoms with Crippen LogP contribution in [0.1, 0.15) is 36.9 Å². The Hall–Kier alpha value is -2.61. The first kappa shape index (κ1) is 14.9. The predicted octanol–water partition coefficient (Wildman–Crippen LogP) is 4.75. The number of hydrogen-bond donors (Lipinski definition) is 1. The zero-order valence-electron chi connectivity index (χ0n) is 13.8. The van der Waals surface area contributed by atoms with Gasteiger partial charge in [-0.15, -0.1) is 0 Å². The van der Waals surface area contributed by atoms with Crippen LogP contribution in [-0.4, -0.2) is 5.91 Å². The van der Waals surface area contributed by atoms with Crippen molar-refractivity contribution in [2.24, 2.45) is 0 Å². The molecule has 0 spiro atoms. The molecule has 0 aliphatic heterocycles. The fraction of sp³-hybridized carbons (Fsp3) is 0.227. The second-order valence-electron chi connectivity index (χ2n) is 6.71. The zero-order valence-corrected chi connectivity index (χ0v) is 13.8. The number of amides is 1. The lowest BCUT2D eigenvalue weighted by Gasteiger charge is -2.21. The predicted molar refractivity (Wildman–Crippen MR) is 97.9 cm³/mol. The van der Waals surface area contributed by atoms with Crippen molar-refractivity contribution in [3.63, 3.8) is 0 Å².